The van der Waals surface area contributed by atoms with Gasteiger partial charge in [-0.3, -0.25) is 4.79 Å². The molecule has 6 heteroatoms. The largest absolute Gasteiger partial charge is 0.411 e. The lowest BCUT2D eigenvalue weighted by Crippen LogP contribution is -2.29. The average molecular weight is 286 g/mol. The number of nitrogens with one attached hydrogen (secondary N) is 3. The molecule has 0 spiro atoms. The summed E-state index contributed by atoms with van der Waals surface area (Å²) in [4.78, 5) is 10.9. The van der Waals surface area contributed by atoms with Crippen molar-refractivity contribution in [2.45, 2.75) is 39.5 Å². The monoisotopic (exact) mass is 286 g/mol. The fraction of sp³-hybridized carbons (Fsp3) is 0.857. The number of hydrogen-bond acceptors (Lipinski definition) is 5. The van der Waals surface area contributed by atoms with Crippen molar-refractivity contribution in [2.24, 2.45) is 11.1 Å². The molecule has 1 amide bonds. The first-order valence-electron chi connectivity index (χ1n) is 7.53. The third kappa shape index (κ3) is 14.9. The molecule has 4 N–H and O–H groups in total. The van der Waals surface area contributed by atoms with Crippen LogP contribution in [0.1, 0.15) is 39.5 Å². The molecule has 0 fully saturated rings. The molecule has 0 heterocycles. The second kappa shape index (κ2) is 14.3. The van der Waals surface area contributed by atoms with Crippen LogP contribution in [-0.4, -0.2) is 50.1 Å². The van der Waals surface area contributed by atoms with E-state index in [1.165, 1.54) is 12.8 Å². The minimum atomic E-state index is -0.363. The maximum atomic E-state index is 10.9. The summed E-state index contributed by atoms with van der Waals surface area (Å²) in [5.41, 5.74) is 0. The molecule has 0 aromatic rings. The summed E-state index contributed by atoms with van der Waals surface area (Å²) >= 11 is 0. The molecule has 0 saturated heterocycles. The molecule has 118 valence electrons. The topological polar surface area (TPSA) is 85.8 Å². The van der Waals surface area contributed by atoms with Crippen molar-refractivity contribution in [1.82, 2.24) is 16.0 Å². The van der Waals surface area contributed by atoms with Crippen molar-refractivity contribution in [2.75, 3.05) is 32.7 Å². The van der Waals surface area contributed by atoms with Crippen LogP contribution in [0.3, 0.4) is 0 Å². The van der Waals surface area contributed by atoms with Gasteiger partial charge in [0, 0.05) is 6.54 Å². The van der Waals surface area contributed by atoms with Gasteiger partial charge in [0.2, 0.25) is 0 Å². The summed E-state index contributed by atoms with van der Waals surface area (Å²) in [5.74, 6) is 0.431. The SMILES string of the molecule is CC(C)CCCNCCCNCCCNC(=O)/C=N/O. The van der Waals surface area contributed by atoms with Gasteiger partial charge in [-0.2, -0.15) is 0 Å². The van der Waals surface area contributed by atoms with Gasteiger partial charge in [0.15, 0.2) is 0 Å². The Morgan fingerprint density at radius 3 is 2.15 bits per heavy atom. The molecule has 0 aliphatic heterocycles. The van der Waals surface area contributed by atoms with E-state index in [1.807, 2.05) is 0 Å². The van der Waals surface area contributed by atoms with Gasteiger partial charge in [0.05, 0.1) is 0 Å². The predicted octanol–water partition coefficient (Wildman–Crippen LogP) is 0.958. The normalized spacial score (nSPS) is 11.3. The third-order valence-corrected chi connectivity index (χ3v) is 2.85. The zero-order chi connectivity index (χ0) is 15.1. The zero-order valence-electron chi connectivity index (χ0n) is 12.8. The van der Waals surface area contributed by atoms with Gasteiger partial charge >= 0.3 is 0 Å². The van der Waals surface area contributed by atoms with Crippen LogP contribution < -0.4 is 16.0 Å². The molecule has 0 aliphatic carbocycles. The van der Waals surface area contributed by atoms with Crippen molar-refractivity contribution in [1.29, 1.82) is 0 Å². The van der Waals surface area contributed by atoms with Crippen LogP contribution in [0.25, 0.3) is 0 Å². The highest BCUT2D eigenvalue weighted by Crippen LogP contribution is 2.01. The first-order chi connectivity index (χ1) is 9.66. The third-order valence-electron chi connectivity index (χ3n) is 2.85. The van der Waals surface area contributed by atoms with E-state index < -0.39 is 0 Å². The summed E-state index contributed by atoms with van der Waals surface area (Å²) in [6.07, 6.45) is 5.39. The average Bonchev–Trinajstić information content (AvgIpc) is 2.40. The van der Waals surface area contributed by atoms with E-state index in [0.717, 1.165) is 51.2 Å². The van der Waals surface area contributed by atoms with E-state index in [2.05, 4.69) is 35.0 Å². The molecule has 0 radical (unpaired) electrons. The predicted molar refractivity (Wildman–Crippen MR) is 82.3 cm³/mol. The Morgan fingerprint density at radius 1 is 1.05 bits per heavy atom. The van der Waals surface area contributed by atoms with Gasteiger partial charge in [0.25, 0.3) is 5.91 Å². The van der Waals surface area contributed by atoms with Crippen LogP contribution >= 0.6 is 0 Å². The van der Waals surface area contributed by atoms with Crippen LogP contribution in [0.4, 0.5) is 0 Å². The van der Waals surface area contributed by atoms with Crippen molar-refractivity contribution in [3.05, 3.63) is 0 Å². The van der Waals surface area contributed by atoms with Gasteiger partial charge in [-0.05, 0) is 57.8 Å². The highest BCUT2D eigenvalue weighted by atomic mass is 16.4. The highest BCUT2D eigenvalue weighted by molar-refractivity contribution is 6.25. The molecule has 0 aliphatic rings. The van der Waals surface area contributed by atoms with E-state index >= 15 is 0 Å². The Hall–Kier alpha value is -1.14. The van der Waals surface area contributed by atoms with E-state index in [-0.39, 0.29) is 5.91 Å². The standard InChI is InChI=1S/C14H30N4O2/c1-13(2)6-3-7-15-8-4-9-16-10-5-11-17-14(19)12-18-20/h12-13,15-16,20H,3-11H2,1-2H3,(H,17,19)/b18-12+. The Balaban J connectivity index is 3.08. The number of hydrogen-bond donors (Lipinski definition) is 4. The summed E-state index contributed by atoms with van der Waals surface area (Å²) in [5, 5.41) is 20.2. The second-order valence-electron chi connectivity index (χ2n) is 5.28. The number of rotatable bonds is 13. The minimum absolute atomic E-state index is 0.363. The molecule has 6 nitrogen and oxygen atoms in total. The van der Waals surface area contributed by atoms with Crippen molar-refractivity contribution in [3.63, 3.8) is 0 Å². The summed E-state index contributed by atoms with van der Waals surface area (Å²) in [6.45, 7) is 9.12. The van der Waals surface area contributed by atoms with Crippen molar-refractivity contribution in [3.8, 4) is 0 Å². The Morgan fingerprint density at radius 2 is 1.60 bits per heavy atom. The molecular formula is C14H30N4O2. The van der Waals surface area contributed by atoms with Crippen LogP contribution in [-0.2, 0) is 4.79 Å². The van der Waals surface area contributed by atoms with Gasteiger partial charge in [-0.15, -0.1) is 0 Å². The van der Waals surface area contributed by atoms with Gasteiger partial charge < -0.3 is 21.2 Å². The highest BCUT2D eigenvalue weighted by Gasteiger charge is 1.95. The molecule has 0 saturated carbocycles. The van der Waals surface area contributed by atoms with Crippen molar-refractivity contribution >= 4 is 12.1 Å². The maximum absolute atomic E-state index is 10.9. The Labute approximate surface area is 122 Å². The number of nitrogens with zero attached hydrogens (tertiary/aromatic N) is 1. The first kappa shape index (κ1) is 18.9. The molecular weight excluding hydrogens is 256 g/mol. The fourth-order valence-electron chi connectivity index (χ4n) is 1.75. The quantitative estimate of drug-likeness (QED) is 0.176. The number of carbonyl (C=O) groups excluding carboxylic acids is 1. The van der Waals surface area contributed by atoms with Crippen LogP contribution in [0.5, 0.6) is 0 Å². The maximum Gasteiger partial charge on any atom is 0.265 e. The molecule has 0 unspecified atom stereocenters. The Bertz CT molecular complexity index is 258. The zero-order valence-corrected chi connectivity index (χ0v) is 12.8. The Kier molecular flexibility index (Phi) is 13.5. The van der Waals surface area contributed by atoms with Crippen LogP contribution in [0.2, 0.25) is 0 Å². The van der Waals surface area contributed by atoms with Gasteiger partial charge in [-0.25, -0.2) is 0 Å². The minimum Gasteiger partial charge on any atom is -0.411 e. The second-order valence-corrected chi connectivity index (χ2v) is 5.28. The van der Waals surface area contributed by atoms with E-state index in [4.69, 9.17) is 5.21 Å². The first-order valence-corrected chi connectivity index (χ1v) is 7.53. The molecule has 0 aromatic heterocycles. The molecule has 0 bridgehead atoms. The summed E-state index contributed by atoms with van der Waals surface area (Å²) < 4.78 is 0. The smallest absolute Gasteiger partial charge is 0.265 e. The van der Waals surface area contributed by atoms with Crippen LogP contribution in [0.15, 0.2) is 5.16 Å². The number of carbonyl (C=O) groups is 1. The van der Waals surface area contributed by atoms with Crippen molar-refractivity contribution < 1.29 is 10.0 Å². The molecule has 0 rings (SSSR count). The summed E-state index contributed by atoms with van der Waals surface area (Å²) in [7, 11) is 0. The number of oxime groups is 1. The van der Waals surface area contributed by atoms with E-state index in [0.29, 0.717) is 6.54 Å². The molecule has 0 aromatic carbocycles. The summed E-state index contributed by atoms with van der Waals surface area (Å²) in [6, 6.07) is 0. The lowest BCUT2D eigenvalue weighted by atomic mass is 10.1. The fourth-order valence-corrected chi connectivity index (χ4v) is 1.75. The van der Waals surface area contributed by atoms with Gasteiger partial charge in [0.1, 0.15) is 6.21 Å². The van der Waals surface area contributed by atoms with Crippen LogP contribution in [0, 0.1) is 5.92 Å². The number of amides is 1. The lowest BCUT2D eigenvalue weighted by Gasteiger charge is -2.07. The molecule has 0 atom stereocenters. The van der Waals surface area contributed by atoms with E-state index in [1.54, 1.807) is 0 Å². The van der Waals surface area contributed by atoms with Gasteiger partial charge in [-0.1, -0.05) is 19.0 Å². The lowest BCUT2D eigenvalue weighted by molar-refractivity contribution is -0.114. The molecule has 20 heavy (non-hydrogen) atoms. The van der Waals surface area contributed by atoms with E-state index in [9.17, 15) is 4.79 Å².